The second-order valence-corrected chi connectivity index (χ2v) is 16.3. The van der Waals surface area contributed by atoms with Gasteiger partial charge in [0.15, 0.2) is 6.04 Å². The van der Waals surface area contributed by atoms with Gasteiger partial charge in [-0.15, -0.1) is 11.8 Å². The molecular formula is C37H60N12O15S. The van der Waals surface area contributed by atoms with Gasteiger partial charge in [0.25, 0.3) is 0 Å². The number of aliphatic hydroxyl groups excluding tert-OH is 4. The Balaban J connectivity index is 2.30. The lowest BCUT2D eigenvalue weighted by molar-refractivity contribution is -0.146. The van der Waals surface area contributed by atoms with Crippen molar-refractivity contribution in [3.8, 4) is 0 Å². The van der Waals surface area contributed by atoms with Crippen molar-refractivity contribution >= 4 is 65.1 Å². The van der Waals surface area contributed by atoms with Crippen LogP contribution in [0.15, 0.2) is 22.1 Å². The molecule has 1 aliphatic heterocycles. The molecule has 1 aliphatic rings. The van der Waals surface area contributed by atoms with Crippen LogP contribution in [0.2, 0.25) is 0 Å². The third-order valence-corrected chi connectivity index (χ3v) is 11.5. The van der Waals surface area contributed by atoms with Crippen LogP contribution < -0.4 is 59.9 Å². The number of carboxylic acid groups (broad SMARTS) is 1. The van der Waals surface area contributed by atoms with E-state index in [1.54, 1.807) is 0 Å². The van der Waals surface area contributed by atoms with E-state index in [4.69, 9.17) is 11.5 Å². The molecule has 0 saturated carbocycles. The summed E-state index contributed by atoms with van der Waals surface area (Å²) in [6.45, 7) is 3.08. The molecule has 16 N–H and O–H groups in total. The van der Waals surface area contributed by atoms with Crippen LogP contribution in [0.5, 0.6) is 0 Å². The Bertz CT molecular complexity index is 2020. The highest BCUT2D eigenvalue weighted by molar-refractivity contribution is 8.00. The minimum Gasteiger partial charge on any atom is -0.480 e. The number of aliphatic carboxylic acids is 1. The first-order chi connectivity index (χ1) is 30.5. The second kappa shape index (κ2) is 26.8. The number of carbonyl (C=O) groups excluding carboxylic acids is 8. The number of carboxylic acids is 1. The number of primary amides is 1. The molecule has 65 heavy (non-hydrogen) atoms. The summed E-state index contributed by atoms with van der Waals surface area (Å²) >= 11 is 0.581. The number of carbonyl (C=O) groups is 9. The first-order valence-electron chi connectivity index (χ1n) is 20.4. The number of thioether (sulfide) groups is 1. The Morgan fingerprint density at radius 2 is 1.22 bits per heavy atom. The van der Waals surface area contributed by atoms with E-state index in [9.17, 15) is 73.5 Å². The maximum Gasteiger partial charge on any atom is 0.340 e. The number of amides is 9. The van der Waals surface area contributed by atoms with Gasteiger partial charge in [0.1, 0.15) is 35.1 Å². The van der Waals surface area contributed by atoms with Gasteiger partial charge >= 0.3 is 17.7 Å². The predicted molar refractivity (Wildman–Crippen MR) is 227 cm³/mol. The summed E-state index contributed by atoms with van der Waals surface area (Å²) in [7, 11) is 1.23. The number of aromatic nitrogens is 2. The van der Waals surface area contributed by atoms with Gasteiger partial charge in [-0.1, -0.05) is 0 Å². The van der Waals surface area contributed by atoms with E-state index in [2.05, 4.69) is 36.9 Å². The fourth-order valence-corrected chi connectivity index (χ4v) is 7.94. The van der Waals surface area contributed by atoms with Crippen LogP contribution >= 0.6 is 11.8 Å². The number of nitrogens with one attached hydrogen (secondary N) is 7. The van der Waals surface area contributed by atoms with Gasteiger partial charge in [-0.2, -0.15) is 4.99 Å². The molecule has 9 amide bonds. The van der Waals surface area contributed by atoms with E-state index in [0.717, 1.165) is 15.3 Å². The molecule has 1 fully saturated rings. The number of hydrogen-bond acceptors (Lipinski definition) is 16. The third kappa shape index (κ3) is 17.5. The lowest BCUT2D eigenvalue weighted by Gasteiger charge is -2.29. The average molecular weight is 945 g/mol. The van der Waals surface area contributed by atoms with Crippen LogP contribution in [-0.2, 0) is 45.4 Å². The summed E-state index contributed by atoms with van der Waals surface area (Å²) in [6.07, 6.45) is -4.27. The molecule has 0 unspecified atom stereocenters. The van der Waals surface area contributed by atoms with Crippen LogP contribution in [0.3, 0.4) is 0 Å². The van der Waals surface area contributed by atoms with Crippen LogP contribution in [0.4, 0.5) is 4.79 Å². The number of nitrogens with two attached hydrogens (primary N) is 2. The van der Waals surface area contributed by atoms with Crippen molar-refractivity contribution < 1.29 is 68.7 Å². The number of hydrogen-bond donors (Lipinski definition) is 14. The molecule has 0 aliphatic carbocycles. The van der Waals surface area contributed by atoms with Crippen LogP contribution in [0, 0.1) is 0 Å². The predicted octanol–water partition coefficient (Wildman–Crippen LogP) is -7.04. The summed E-state index contributed by atoms with van der Waals surface area (Å²) in [5, 5.41) is 67.2. The Morgan fingerprint density at radius 1 is 0.754 bits per heavy atom. The quantitative estimate of drug-likeness (QED) is 0.0405. The van der Waals surface area contributed by atoms with Gasteiger partial charge in [0.05, 0.1) is 30.1 Å². The van der Waals surface area contributed by atoms with E-state index in [0.29, 0.717) is 18.2 Å². The van der Waals surface area contributed by atoms with Gasteiger partial charge in [-0.05, 0) is 44.6 Å². The molecule has 2 rings (SSSR count). The smallest absolute Gasteiger partial charge is 0.340 e. The monoisotopic (exact) mass is 944 g/mol. The van der Waals surface area contributed by atoms with E-state index in [1.165, 1.54) is 33.9 Å². The highest BCUT2D eigenvalue weighted by Crippen LogP contribution is 2.43. The number of aliphatic hydroxyl groups is 4. The average Bonchev–Trinajstić information content (AvgIpc) is 3.52. The van der Waals surface area contributed by atoms with Crippen molar-refractivity contribution in [3.63, 3.8) is 0 Å². The molecule has 0 aromatic carbocycles. The molecule has 2 heterocycles. The minimum atomic E-state index is -2.25. The molecular weight excluding hydrogens is 885 g/mol. The summed E-state index contributed by atoms with van der Waals surface area (Å²) < 4.78 is 1.83. The molecule has 1 aromatic heterocycles. The maximum absolute atomic E-state index is 13.7. The molecule has 1 saturated heterocycles. The van der Waals surface area contributed by atoms with Gasteiger partial charge in [0.2, 0.25) is 41.4 Å². The molecule has 0 spiro atoms. The zero-order valence-corrected chi connectivity index (χ0v) is 37.0. The van der Waals surface area contributed by atoms with Crippen molar-refractivity contribution in [3.05, 3.63) is 28.2 Å². The fourth-order valence-electron chi connectivity index (χ4n) is 6.36. The van der Waals surface area contributed by atoms with Crippen molar-refractivity contribution in [1.29, 1.82) is 0 Å². The van der Waals surface area contributed by atoms with E-state index in [1.807, 2.05) is 5.32 Å². The molecule has 1 aromatic rings. The highest BCUT2D eigenvalue weighted by atomic mass is 32.2. The van der Waals surface area contributed by atoms with Crippen LogP contribution in [0.25, 0.3) is 0 Å². The van der Waals surface area contributed by atoms with Crippen molar-refractivity contribution in [2.45, 2.75) is 118 Å². The lowest BCUT2D eigenvalue weighted by Crippen LogP contribution is -2.61. The number of urea groups is 1. The Labute approximate surface area is 375 Å². The first kappa shape index (κ1) is 55.2. The van der Waals surface area contributed by atoms with Crippen molar-refractivity contribution in [2.24, 2.45) is 23.5 Å². The molecule has 10 atom stereocenters. The Hall–Kier alpha value is -5.94. The van der Waals surface area contributed by atoms with Crippen molar-refractivity contribution in [2.75, 3.05) is 26.2 Å². The van der Waals surface area contributed by atoms with Crippen LogP contribution in [-0.4, -0.2) is 168 Å². The lowest BCUT2D eigenvalue weighted by atomic mass is 10.00. The normalized spacial score (nSPS) is 19.9. The van der Waals surface area contributed by atoms with Crippen LogP contribution in [0.1, 0.15) is 64.7 Å². The third-order valence-electron chi connectivity index (χ3n) is 9.82. The van der Waals surface area contributed by atoms with E-state index < -0.39 is 113 Å². The fraction of sp³-hybridized carbons (Fsp3) is 0.649. The zero-order chi connectivity index (χ0) is 49.1. The van der Waals surface area contributed by atoms with Gasteiger partial charge in [-0.25, -0.2) is 14.4 Å². The Morgan fingerprint density at radius 3 is 1.68 bits per heavy atom. The van der Waals surface area contributed by atoms with E-state index in [-0.39, 0.29) is 69.0 Å². The molecule has 27 nitrogen and oxygen atoms in total. The first-order valence-corrected chi connectivity index (χ1v) is 21.3. The SMILES string of the molecule is CC(=O)NCCC[C@H](NC(=O)[C@H](CCCNC(C)=O)NC(=O)[C@@H](N)CCCNC(C)=O)C(=O)N[C@@H](CO)C(=O)N[C@@H](C(=O)O)[C@H](O)[C@H]1S[C@@H](n2ccc(=NC(N)=O)n(C)c2=O)[C@H](O)[C@H]1O. The summed E-state index contributed by atoms with van der Waals surface area (Å²) in [5.74, 6) is -6.95. The Kier molecular flexibility index (Phi) is 22.7. The molecule has 28 heteroatoms. The largest absolute Gasteiger partial charge is 0.480 e. The summed E-state index contributed by atoms with van der Waals surface area (Å²) in [5.41, 5.74) is 10.1. The second-order valence-electron chi connectivity index (χ2n) is 15.0. The van der Waals surface area contributed by atoms with E-state index >= 15 is 0 Å². The van der Waals surface area contributed by atoms with Gasteiger partial charge in [0, 0.05) is 53.6 Å². The zero-order valence-electron chi connectivity index (χ0n) is 36.2. The standard InChI is InChI=1S/C37H60N12O15S/c1-17(51)40-12-5-8-20(38)30(57)43-21(9-6-13-41-18(2)52)31(58)44-22(10-7-14-42-19(3)53)32(59)45-23(16-50)33(60)47-25(35(61)62)26(54)29-27(55)28(56)34(65-29)49-15-11-24(46-36(39)63)48(4)37(49)64/h11,15,20-23,25-29,34,50,54-56H,5-10,12-14,16,38H2,1-4H3,(H2,39,63)(H,40,51)(H,41,52)(H,42,53)(H,43,57)(H,44,58)(H,45,59)(H,47,60)(H,61,62)/t20-,21-,22-,23-,25+,26-,27+,28+,29+,34+/m0/s1. The summed E-state index contributed by atoms with van der Waals surface area (Å²) in [4.78, 5) is 128. The molecule has 364 valence electrons. The highest BCUT2D eigenvalue weighted by Gasteiger charge is 2.50. The van der Waals surface area contributed by atoms with Gasteiger partial charge < -0.3 is 74.2 Å². The van der Waals surface area contributed by atoms with Gasteiger partial charge in [-0.3, -0.25) is 42.7 Å². The van der Waals surface area contributed by atoms with Crippen molar-refractivity contribution in [1.82, 2.24) is 46.4 Å². The molecule has 0 radical (unpaired) electrons. The topological polar surface area (TPSA) is 430 Å². The maximum atomic E-state index is 13.7. The minimum absolute atomic E-state index is 0.0331. The number of nitrogens with zero attached hydrogens (tertiary/aromatic N) is 3. The summed E-state index contributed by atoms with van der Waals surface area (Å²) in [6, 6.07) is -8.01. The number of rotatable bonds is 25. The molecule has 0 bridgehead atoms.